The van der Waals surface area contributed by atoms with E-state index in [-0.39, 0.29) is 11.4 Å². The normalized spacial score (nSPS) is 29.2. The molecule has 3 fully saturated rings. The van der Waals surface area contributed by atoms with Crippen molar-refractivity contribution >= 4 is 11.0 Å². The van der Waals surface area contributed by atoms with Crippen molar-refractivity contribution in [2.75, 3.05) is 0 Å². The molecule has 3 aliphatic carbocycles. The highest BCUT2D eigenvalue weighted by atomic mass is 19.1. The second-order valence-electron chi connectivity index (χ2n) is 6.64. The van der Waals surface area contributed by atoms with Crippen LogP contribution in [0.5, 0.6) is 0 Å². The summed E-state index contributed by atoms with van der Waals surface area (Å²) < 4.78 is 16.0. The Morgan fingerprint density at radius 1 is 1.37 bits per heavy atom. The lowest BCUT2D eigenvalue weighted by atomic mass is 9.49. The van der Waals surface area contributed by atoms with Gasteiger partial charge in [-0.05, 0) is 51.2 Å². The van der Waals surface area contributed by atoms with Crippen LogP contribution < -0.4 is 0 Å². The van der Waals surface area contributed by atoms with E-state index < -0.39 is 5.60 Å². The lowest BCUT2D eigenvalue weighted by Crippen LogP contribution is -2.60. The molecule has 5 rings (SSSR count). The van der Waals surface area contributed by atoms with Gasteiger partial charge in [0.2, 0.25) is 0 Å². The Balaban J connectivity index is 2.04. The maximum absolute atomic E-state index is 13.9. The average Bonchev–Trinajstić information content (AvgIpc) is 2.55. The van der Waals surface area contributed by atoms with E-state index in [0.29, 0.717) is 11.3 Å². The van der Waals surface area contributed by atoms with Gasteiger partial charge in [-0.25, -0.2) is 9.37 Å². The summed E-state index contributed by atoms with van der Waals surface area (Å²) in [5, 5.41) is 10.4. The Kier molecular flexibility index (Phi) is 1.91. The number of hydrogen-bond acceptors (Lipinski definition) is 2. The van der Waals surface area contributed by atoms with Gasteiger partial charge < -0.3 is 9.67 Å². The third-order valence-corrected chi connectivity index (χ3v) is 4.66. The summed E-state index contributed by atoms with van der Waals surface area (Å²) in [7, 11) is 0. The molecule has 3 saturated carbocycles. The molecule has 1 aromatic heterocycles. The number of halogens is 1. The molecule has 2 bridgehead atoms. The molecule has 0 atom stereocenters. The second-order valence-corrected chi connectivity index (χ2v) is 6.64. The summed E-state index contributed by atoms with van der Waals surface area (Å²) in [5.74, 6) is 1.10. The number of hydrogen-bond donors (Lipinski definition) is 1. The van der Waals surface area contributed by atoms with Gasteiger partial charge in [0, 0.05) is 5.54 Å². The van der Waals surface area contributed by atoms with Gasteiger partial charge in [0.1, 0.15) is 16.9 Å². The van der Waals surface area contributed by atoms with E-state index in [2.05, 4.69) is 9.55 Å². The third-order valence-electron chi connectivity index (χ3n) is 4.66. The third kappa shape index (κ3) is 1.32. The Bertz CT molecular complexity index is 666. The molecule has 2 aromatic rings. The van der Waals surface area contributed by atoms with Crippen LogP contribution in [0.15, 0.2) is 18.2 Å². The van der Waals surface area contributed by atoms with Crippen molar-refractivity contribution in [3.63, 3.8) is 0 Å². The molecule has 3 nitrogen and oxygen atoms in total. The van der Waals surface area contributed by atoms with Crippen molar-refractivity contribution in [3.05, 3.63) is 29.8 Å². The lowest BCUT2D eigenvalue weighted by Gasteiger charge is -2.63. The first-order valence-corrected chi connectivity index (χ1v) is 6.81. The molecule has 1 N–H and O–H groups in total. The minimum atomic E-state index is -1.05. The van der Waals surface area contributed by atoms with Crippen molar-refractivity contribution in [2.24, 2.45) is 5.92 Å². The van der Waals surface area contributed by atoms with Crippen molar-refractivity contribution in [1.82, 2.24) is 9.55 Å². The van der Waals surface area contributed by atoms with E-state index in [0.717, 1.165) is 30.7 Å². The molecule has 3 aliphatic rings. The van der Waals surface area contributed by atoms with Gasteiger partial charge in [0.25, 0.3) is 0 Å². The molecule has 0 saturated heterocycles. The molecule has 0 radical (unpaired) electrons. The first-order valence-electron chi connectivity index (χ1n) is 6.81. The highest BCUT2D eigenvalue weighted by Gasteiger charge is 2.59. The average molecular weight is 260 g/mol. The number of fused-ring (bicyclic) bond motifs is 1. The molecular weight excluding hydrogens is 243 g/mol. The first kappa shape index (κ1) is 11.4. The molecule has 1 aromatic carbocycles. The molecule has 0 unspecified atom stereocenters. The zero-order valence-electron chi connectivity index (χ0n) is 11.2. The van der Waals surface area contributed by atoms with Gasteiger partial charge >= 0.3 is 0 Å². The monoisotopic (exact) mass is 260 g/mol. The van der Waals surface area contributed by atoms with Crippen LogP contribution in [0.25, 0.3) is 11.0 Å². The van der Waals surface area contributed by atoms with Gasteiger partial charge in [-0.3, -0.25) is 0 Å². The van der Waals surface area contributed by atoms with E-state index in [9.17, 15) is 9.50 Å². The second kappa shape index (κ2) is 3.18. The van der Waals surface area contributed by atoms with Crippen molar-refractivity contribution in [2.45, 2.75) is 44.2 Å². The number of imidazole rings is 1. The molecule has 19 heavy (non-hydrogen) atoms. The van der Waals surface area contributed by atoms with Crippen molar-refractivity contribution < 1.29 is 9.50 Å². The standard InChI is InChI=1S/C15H17FN2O/c1-14(2,19)13-17-12-10(16)4-3-5-11(12)18(13)15-6-9(7-15)8-15/h3-5,9,19H,6-8H2,1-2H3. The Morgan fingerprint density at radius 3 is 2.58 bits per heavy atom. The summed E-state index contributed by atoms with van der Waals surface area (Å²) in [5.41, 5.74) is 0.225. The van der Waals surface area contributed by atoms with Crippen LogP contribution in [0.4, 0.5) is 4.39 Å². The van der Waals surface area contributed by atoms with Crippen LogP contribution in [-0.2, 0) is 11.1 Å². The number of para-hydroxylation sites is 1. The van der Waals surface area contributed by atoms with Gasteiger partial charge in [-0.15, -0.1) is 0 Å². The van der Waals surface area contributed by atoms with E-state index in [4.69, 9.17) is 0 Å². The summed E-state index contributed by atoms with van der Waals surface area (Å²) in [6, 6.07) is 5.05. The van der Waals surface area contributed by atoms with Crippen LogP contribution in [0.1, 0.15) is 38.9 Å². The van der Waals surface area contributed by atoms with Crippen LogP contribution in [-0.4, -0.2) is 14.7 Å². The quantitative estimate of drug-likeness (QED) is 0.901. The predicted molar refractivity (Wildman–Crippen MR) is 70.3 cm³/mol. The Morgan fingerprint density at radius 2 is 2.05 bits per heavy atom. The summed E-state index contributed by atoms with van der Waals surface area (Å²) in [6.45, 7) is 3.43. The molecule has 0 aliphatic heterocycles. The largest absolute Gasteiger partial charge is 0.383 e. The van der Waals surface area contributed by atoms with Crippen molar-refractivity contribution in [3.8, 4) is 0 Å². The summed E-state index contributed by atoms with van der Waals surface area (Å²) in [6.07, 6.45) is 3.41. The molecular formula is C15H17FN2O. The maximum Gasteiger partial charge on any atom is 0.151 e. The molecule has 0 spiro atoms. The maximum atomic E-state index is 13.9. The van der Waals surface area contributed by atoms with E-state index in [1.807, 2.05) is 6.07 Å². The summed E-state index contributed by atoms with van der Waals surface area (Å²) >= 11 is 0. The molecule has 4 heteroatoms. The highest BCUT2D eigenvalue weighted by Crippen LogP contribution is 2.63. The first-order chi connectivity index (χ1) is 8.91. The number of aromatic nitrogens is 2. The van der Waals surface area contributed by atoms with Gasteiger partial charge in [0.15, 0.2) is 5.82 Å². The van der Waals surface area contributed by atoms with Crippen LogP contribution in [0.3, 0.4) is 0 Å². The van der Waals surface area contributed by atoms with E-state index in [1.54, 1.807) is 19.9 Å². The predicted octanol–water partition coefficient (Wildman–Crippen LogP) is 2.91. The van der Waals surface area contributed by atoms with Crippen LogP contribution >= 0.6 is 0 Å². The molecule has 1 heterocycles. The van der Waals surface area contributed by atoms with Gasteiger partial charge in [-0.2, -0.15) is 0 Å². The Labute approximate surface area is 111 Å². The lowest BCUT2D eigenvalue weighted by molar-refractivity contribution is -0.0946. The molecule has 0 amide bonds. The van der Waals surface area contributed by atoms with E-state index in [1.165, 1.54) is 6.07 Å². The van der Waals surface area contributed by atoms with Gasteiger partial charge in [-0.1, -0.05) is 6.07 Å². The number of nitrogens with zero attached hydrogens (tertiary/aromatic N) is 2. The van der Waals surface area contributed by atoms with Crippen LogP contribution in [0, 0.1) is 11.7 Å². The smallest absolute Gasteiger partial charge is 0.151 e. The fourth-order valence-corrected chi connectivity index (χ4v) is 3.66. The topological polar surface area (TPSA) is 38.1 Å². The fourth-order valence-electron chi connectivity index (χ4n) is 3.66. The van der Waals surface area contributed by atoms with Gasteiger partial charge in [0.05, 0.1) is 5.52 Å². The minimum absolute atomic E-state index is 0.0859. The summed E-state index contributed by atoms with van der Waals surface area (Å²) in [4.78, 5) is 4.39. The Hall–Kier alpha value is -1.42. The molecule has 100 valence electrons. The van der Waals surface area contributed by atoms with Crippen molar-refractivity contribution in [1.29, 1.82) is 0 Å². The number of benzene rings is 1. The zero-order chi connectivity index (χ0) is 13.4. The number of rotatable bonds is 2. The zero-order valence-corrected chi connectivity index (χ0v) is 11.2. The fraction of sp³-hybridized carbons (Fsp3) is 0.533. The van der Waals surface area contributed by atoms with Crippen LogP contribution in [0.2, 0.25) is 0 Å². The highest BCUT2D eigenvalue weighted by molar-refractivity contribution is 5.77. The number of aliphatic hydroxyl groups is 1. The minimum Gasteiger partial charge on any atom is -0.383 e. The SMILES string of the molecule is CC(C)(O)c1nc2c(F)cccc2n1C12CC(C1)C2. The van der Waals surface area contributed by atoms with E-state index >= 15 is 0 Å².